The van der Waals surface area contributed by atoms with E-state index in [1.165, 1.54) is 32.4 Å². The van der Waals surface area contributed by atoms with Gasteiger partial charge in [0.1, 0.15) is 17.3 Å². The van der Waals surface area contributed by atoms with Crippen molar-refractivity contribution in [2.45, 2.75) is 18.6 Å². The molecule has 0 spiro atoms. The van der Waals surface area contributed by atoms with E-state index in [4.69, 9.17) is 14.2 Å². The number of carboxylic acids is 1. The Morgan fingerprint density at radius 2 is 2.00 bits per heavy atom. The van der Waals surface area contributed by atoms with E-state index in [2.05, 4.69) is 5.32 Å². The molecule has 0 radical (unpaired) electrons. The van der Waals surface area contributed by atoms with Gasteiger partial charge in [-0.05, 0) is 29.8 Å². The second kappa shape index (κ2) is 8.96. The summed E-state index contributed by atoms with van der Waals surface area (Å²) in [5, 5.41) is 12.2. The molecule has 0 aliphatic carbocycles. The second-order valence-corrected chi connectivity index (χ2v) is 6.76. The summed E-state index contributed by atoms with van der Waals surface area (Å²) in [6.07, 6.45) is 3.33. The van der Waals surface area contributed by atoms with Gasteiger partial charge >= 0.3 is 5.97 Å². The molecule has 0 saturated carbocycles. The average molecular weight is 415 g/mol. The molecule has 1 heterocycles. The fourth-order valence-electron chi connectivity index (χ4n) is 3.26. The van der Waals surface area contributed by atoms with Gasteiger partial charge in [0.25, 0.3) is 5.91 Å². The van der Waals surface area contributed by atoms with Crippen LogP contribution in [0.2, 0.25) is 0 Å². The van der Waals surface area contributed by atoms with Gasteiger partial charge in [0.05, 0.1) is 26.4 Å². The number of benzene rings is 2. The summed E-state index contributed by atoms with van der Waals surface area (Å²) in [6.45, 7) is 0.302. The number of aliphatic carboxylic acids is 1. The zero-order valence-electron chi connectivity index (χ0n) is 16.6. The Labute approximate surface area is 173 Å². The molecule has 30 heavy (non-hydrogen) atoms. The third-order valence-corrected chi connectivity index (χ3v) is 4.86. The van der Waals surface area contributed by atoms with Crippen molar-refractivity contribution in [2.75, 3.05) is 20.8 Å². The number of halogens is 1. The van der Waals surface area contributed by atoms with Crippen molar-refractivity contribution in [3.8, 4) is 11.5 Å². The van der Waals surface area contributed by atoms with Crippen LogP contribution >= 0.6 is 0 Å². The molecule has 0 bridgehead atoms. The van der Waals surface area contributed by atoms with Gasteiger partial charge in [-0.15, -0.1) is 0 Å². The first kappa shape index (κ1) is 21.3. The number of ether oxygens (including phenoxy) is 3. The van der Waals surface area contributed by atoms with Crippen molar-refractivity contribution in [3.63, 3.8) is 0 Å². The highest BCUT2D eigenvalue weighted by Gasteiger charge is 2.39. The Morgan fingerprint density at radius 1 is 1.20 bits per heavy atom. The van der Waals surface area contributed by atoms with Gasteiger partial charge in [0.2, 0.25) is 0 Å². The van der Waals surface area contributed by atoms with E-state index in [0.717, 1.165) is 6.07 Å². The molecule has 0 saturated heterocycles. The number of carbonyl (C=O) groups excluding carboxylic acids is 1. The molecule has 1 aliphatic rings. The summed E-state index contributed by atoms with van der Waals surface area (Å²) in [7, 11) is 2.90. The molecule has 3 rings (SSSR count). The molecule has 1 aliphatic heterocycles. The first-order valence-corrected chi connectivity index (χ1v) is 9.21. The highest BCUT2D eigenvalue weighted by atomic mass is 19.1. The molecule has 8 heteroatoms. The van der Waals surface area contributed by atoms with Crippen LogP contribution in [0.3, 0.4) is 0 Å². The molecule has 0 fully saturated rings. The lowest BCUT2D eigenvalue weighted by Crippen LogP contribution is -2.39. The summed E-state index contributed by atoms with van der Waals surface area (Å²) in [6, 6.07) is 9.16. The summed E-state index contributed by atoms with van der Waals surface area (Å²) >= 11 is 0. The Morgan fingerprint density at radius 3 is 2.60 bits per heavy atom. The third kappa shape index (κ3) is 4.44. The monoisotopic (exact) mass is 415 g/mol. The van der Waals surface area contributed by atoms with Gasteiger partial charge in [-0.25, -0.2) is 9.18 Å². The van der Waals surface area contributed by atoms with E-state index in [-0.39, 0.29) is 25.1 Å². The first-order chi connectivity index (χ1) is 14.4. The second-order valence-electron chi connectivity index (χ2n) is 6.76. The minimum absolute atomic E-state index is 0.0675. The van der Waals surface area contributed by atoms with Crippen LogP contribution in [0.15, 0.2) is 48.6 Å². The maximum Gasteiger partial charge on any atom is 0.340 e. The van der Waals surface area contributed by atoms with Gasteiger partial charge in [0.15, 0.2) is 5.60 Å². The van der Waals surface area contributed by atoms with Gasteiger partial charge in [-0.3, -0.25) is 4.79 Å². The number of carboxylic acid groups (broad SMARTS) is 1. The van der Waals surface area contributed by atoms with Crippen LogP contribution in [-0.2, 0) is 22.5 Å². The Kier molecular flexibility index (Phi) is 6.37. The van der Waals surface area contributed by atoms with Gasteiger partial charge in [-0.2, -0.15) is 0 Å². The van der Waals surface area contributed by atoms with E-state index in [0.29, 0.717) is 22.6 Å². The first-order valence-electron chi connectivity index (χ1n) is 9.21. The highest BCUT2D eigenvalue weighted by molar-refractivity contribution is 5.94. The zero-order valence-corrected chi connectivity index (χ0v) is 16.6. The lowest BCUT2D eigenvalue weighted by atomic mass is 9.93. The molecule has 2 N–H and O–H groups in total. The smallest absolute Gasteiger partial charge is 0.340 e. The van der Waals surface area contributed by atoms with Crippen LogP contribution in [0.4, 0.5) is 4.39 Å². The van der Waals surface area contributed by atoms with Crippen molar-refractivity contribution in [3.05, 3.63) is 71.1 Å². The SMILES string of the molecule is COc1ccc(C(=O)NCc2cc(CC3(C(=O)O)C=CCO3)ccc2OC)c(F)c1. The Bertz CT molecular complexity index is 990. The van der Waals surface area contributed by atoms with E-state index >= 15 is 0 Å². The lowest BCUT2D eigenvalue weighted by Gasteiger charge is -2.22. The minimum atomic E-state index is -1.42. The van der Waals surface area contributed by atoms with Crippen molar-refractivity contribution < 1.29 is 33.3 Å². The average Bonchev–Trinajstić information content (AvgIpc) is 3.22. The van der Waals surface area contributed by atoms with Gasteiger partial charge < -0.3 is 24.6 Å². The summed E-state index contributed by atoms with van der Waals surface area (Å²) in [5.41, 5.74) is -0.203. The van der Waals surface area contributed by atoms with Gasteiger partial charge in [0, 0.05) is 24.6 Å². The van der Waals surface area contributed by atoms with Gasteiger partial charge in [-0.1, -0.05) is 18.2 Å². The standard InChI is InChI=1S/C22H22FNO6/c1-28-16-5-6-17(18(23)11-16)20(25)24-13-15-10-14(4-7-19(15)29-2)12-22(21(26)27)8-3-9-30-22/h3-8,10-11H,9,12-13H2,1-2H3,(H,24,25)(H,26,27). The number of hydrogen-bond donors (Lipinski definition) is 2. The van der Waals surface area contributed by atoms with Crippen molar-refractivity contribution >= 4 is 11.9 Å². The normalized spacial score (nSPS) is 17.6. The lowest BCUT2D eigenvalue weighted by molar-refractivity contribution is -0.156. The maximum atomic E-state index is 14.1. The van der Waals surface area contributed by atoms with Crippen molar-refractivity contribution in [2.24, 2.45) is 0 Å². The predicted octanol–water partition coefficient (Wildman–Crippen LogP) is 2.73. The third-order valence-electron chi connectivity index (χ3n) is 4.86. The number of methoxy groups -OCH3 is 2. The summed E-state index contributed by atoms with van der Waals surface area (Å²) in [4.78, 5) is 24.1. The highest BCUT2D eigenvalue weighted by Crippen LogP contribution is 2.28. The van der Waals surface area contributed by atoms with Crippen LogP contribution in [0, 0.1) is 5.82 Å². The molecule has 7 nitrogen and oxygen atoms in total. The molecule has 1 atom stereocenters. The summed E-state index contributed by atoms with van der Waals surface area (Å²) < 4.78 is 29.8. The van der Waals surface area contributed by atoms with Crippen molar-refractivity contribution in [1.82, 2.24) is 5.32 Å². The molecule has 0 aromatic heterocycles. The Balaban J connectivity index is 1.77. The van der Waals surface area contributed by atoms with E-state index < -0.39 is 23.3 Å². The molecular weight excluding hydrogens is 393 g/mol. The molecule has 1 unspecified atom stereocenters. The fraction of sp³-hybridized carbons (Fsp3) is 0.273. The number of hydrogen-bond acceptors (Lipinski definition) is 5. The molecule has 2 aromatic rings. The quantitative estimate of drug-likeness (QED) is 0.644. The number of amides is 1. The van der Waals surface area contributed by atoms with E-state index in [1.54, 1.807) is 24.3 Å². The largest absolute Gasteiger partial charge is 0.497 e. The maximum absolute atomic E-state index is 14.1. The predicted molar refractivity (Wildman–Crippen MR) is 106 cm³/mol. The number of nitrogens with one attached hydrogen (secondary N) is 1. The topological polar surface area (TPSA) is 94.1 Å². The van der Waals surface area contributed by atoms with Crippen LogP contribution < -0.4 is 14.8 Å². The molecule has 1 amide bonds. The van der Waals surface area contributed by atoms with Crippen LogP contribution in [0.25, 0.3) is 0 Å². The van der Waals surface area contributed by atoms with Crippen LogP contribution in [0.1, 0.15) is 21.5 Å². The number of carbonyl (C=O) groups is 2. The van der Waals surface area contributed by atoms with E-state index in [9.17, 15) is 19.1 Å². The molecular formula is C22H22FNO6. The number of rotatable bonds is 8. The fourth-order valence-corrected chi connectivity index (χ4v) is 3.26. The van der Waals surface area contributed by atoms with Crippen molar-refractivity contribution in [1.29, 1.82) is 0 Å². The van der Waals surface area contributed by atoms with Crippen LogP contribution in [0.5, 0.6) is 11.5 Å². The zero-order chi connectivity index (χ0) is 21.7. The summed E-state index contributed by atoms with van der Waals surface area (Å²) in [5.74, 6) is -1.53. The molecule has 2 aromatic carbocycles. The van der Waals surface area contributed by atoms with Crippen LogP contribution in [-0.4, -0.2) is 43.4 Å². The molecule has 158 valence electrons. The van der Waals surface area contributed by atoms with E-state index in [1.807, 2.05) is 0 Å². The minimum Gasteiger partial charge on any atom is -0.497 e. The Hall–Kier alpha value is -3.39.